The Morgan fingerprint density at radius 1 is 1.44 bits per heavy atom. The normalized spacial score (nSPS) is 10.4. The number of halogens is 2. The molecule has 18 heavy (non-hydrogen) atoms. The maximum Gasteiger partial charge on any atom is 0.254 e. The molecule has 2 aromatic heterocycles. The van der Waals surface area contributed by atoms with Crippen LogP contribution in [0.3, 0.4) is 0 Å². The summed E-state index contributed by atoms with van der Waals surface area (Å²) in [6, 6.07) is 1.13. The molecular weight excluding hydrogens is 260 g/mol. The van der Waals surface area contributed by atoms with Crippen LogP contribution in [-0.2, 0) is 6.54 Å². The molecule has 4 nitrogen and oxygen atoms in total. The summed E-state index contributed by atoms with van der Waals surface area (Å²) in [5.74, 6) is -3.20. The lowest BCUT2D eigenvalue weighted by molar-refractivity contribution is 0.0945. The Balaban J connectivity index is 2.09. The van der Waals surface area contributed by atoms with Gasteiger partial charge in [0.25, 0.3) is 5.91 Å². The van der Waals surface area contributed by atoms with E-state index in [2.05, 4.69) is 15.3 Å². The summed E-state index contributed by atoms with van der Waals surface area (Å²) in [5, 5.41) is 2.51. The van der Waals surface area contributed by atoms with Crippen LogP contribution in [0.1, 0.15) is 20.9 Å². The van der Waals surface area contributed by atoms with Gasteiger partial charge in [0.15, 0.2) is 5.82 Å². The standard InChI is InChI=1S/C11H9F2N3OS/c1-6-8(18-5-16-6)4-15-11(17)7-2-3-14-10(13)9(7)12/h2-3,5H,4H2,1H3,(H,15,17). The van der Waals surface area contributed by atoms with Gasteiger partial charge >= 0.3 is 0 Å². The van der Waals surface area contributed by atoms with Crippen molar-refractivity contribution in [3.63, 3.8) is 0 Å². The highest BCUT2D eigenvalue weighted by atomic mass is 32.1. The molecule has 2 aromatic rings. The maximum absolute atomic E-state index is 13.3. The van der Waals surface area contributed by atoms with Gasteiger partial charge in [-0.3, -0.25) is 4.79 Å². The van der Waals surface area contributed by atoms with E-state index in [1.165, 1.54) is 11.3 Å². The van der Waals surface area contributed by atoms with E-state index < -0.39 is 17.7 Å². The summed E-state index contributed by atoms with van der Waals surface area (Å²) in [6.07, 6.45) is 1.05. The van der Waals surface area contributed by atoms with E-state index in [0.29, 0.717) is 0 Å². The van der Waals surface area contributed by atoms with Gasteiger partial charge in [-0.15, -0.1) is 11.3 Å². The second-order valence-electron chi connectivity index (χ2n) is 3.51. The van der Waals surface area contributed by atoms with Crippen molar-refractivity contribution < 1.29 is 13.6 Å². The van der Waals surface area contributed by atoms with Gasteiger partial charge < -0.3 is 5.32 Å². The zero-order valence-electron chi connectivity index (χ0n) is 9.41. The highest BCUT2D eigenvalue weighted by Crippen LogP contribution is 2.13. The first-order chi connectivity index (χ1) is 8.59. The number of aryl methyl sites for hydroxylation is 1. The molecule has 2 rings (SSSR count). The van der Waals surface area contributed by atoms with Crippen LogP contribution in [0.5, 0.6) is 0 Å². The van der Waals surface area contributed by atoms with Gasteiger partial charge in [-0.1, -0.05) is 0 Å². The van der Waals surface area contributed by atoms with E-state index in [4.69, 9.17) is 0 Å². The smallest absolute Gasteiger partial charge is 0.254 e. The van der Waals surface area contributed by atoms with E-state index in [1.807, 2.05) is 6.92 Å². The number of carbonyl (C=O) groups excluding carboxylic acids is 1. The summed E-state index contributed by atoms with van der Waals surface area (Å²) in [5.41, 5.74) is 2.11. The number of thiazole rings is 1. The van der Waals surface area contributed by atoms with Crippen LogP contribution in [0.25, 0.3) is 0 Å². The Morgan fingerprint density at radius 2 is 2.22 bits per heavy atom. The molecule has 2 heterocycles. The molecule has 94 valence electrons. The number of amides is 1. The number of aromatic nitrogens is 2. The zero-order valence-corrected chi connectivity index (χ0v) is 10.2. The molecule has 0 saturated heterocycles. The second-order valence-corrected chi connectivity index (χ2v) is 4.45. The SMILES string of the molecule is Cc1ncsc1CNC(=O)c1ccnc(F)c1F. The Morgan fingerprint density at radius 3 is 2.89 bits per heavy atom. The van der Waals surface area contributed by atoms with Crippen molar-refractivity contribution in [2.45, 2.75) is 13.5 Å². The highest BCUT2D eigenvalue weighted by molar-refractivity contribution is 7.09. The lowest BCUT2D eigenvalue weighted by atomic mass is 10.2. The van der Waals surface area contributed by atoms with Crippen molar-refractivity contribution in [3.05, 3.63) is 45.7 Å². The minimum atomic E-state index is -1.28. The second kappa shape index (κ2) is 5.18. The average Bonchev–Trinajstić information content (AvgIpc) is 2.75. The van der Waals surface area contributed by atoms with Crippen LogP contribution in [0, 0.1) is 18.7 Å². The number of nitrogens with zero attached hydrogens (tertiary/aromatic N) is 2. The third-order valence-electron chi connectivity index (χ3n) is 2.35. The summed E-state index contributed by atoms with van der Waals surface area (Å²) in [6.45, 7) is 2.05. The highest BCUT2D eigenvalue weighted by Gasteiger charge is 2.16. The largest absolute Gasteiger partial charge is 0.347 e. The molecule has 0 spiro atoms. The minimum Gasteiger partial charge on any atom is -0.347 e. The molecule has 1 amide bonds. The van der Waals surface area contributed by atoms with Crippen molar-refractivity contribution >= 4 is 17.2 Å². The molecule has 1 N–H and O–H groups in total. The van der Waals surface area contributed by atoms with Gasteiger partial charge in [-0.2, -0.15) is 4.39 Å². The molecule has 0 unspecified atom stereocenters. The molecule has 7 heteroatoms. The Bertz CT molecular complexity index is 585. The summed E-state index contributed by atoms with van der Waals surface area (Å²) in [7, 11) is 0. The van der Waals surface area contributed by atoms with Crippen LogP contribution >= 0.6 is 11.3 Å². The van der Waals surface area contributed by atoms with E-state index in [-0.39, 0.29) is 12.1 Å². The fourth-order valence-corrected chi connectivity index (χ4v) is 2.06. The fourth-order valence-electron chi connectivity index (χ4n) is 1.35. The van der Waals surface area contributed by atoms with Gasteiger partial charge in [0, 0.05) is 11.1 Å². The molecule has 0 saturated carbocycles. The molecule has 0 aromatic carbocycles. The first-order valence-corrected chi connectivity index (χ1v) is 5.94. The van der Waals surface area contributed by atoms with Gasteiger partial charge in [0.1, 0.15) is 0 Å². The topological polar surface area (TPSA) is 54.9 Å². The summed E-state index contributed by atoms with van der Waals surface area (Å²) >= 11 is 1.39. The Kier molecular flexibility index (Phi) is 3.61. The van der Waals surface area contributed by atoms with Crippen LogP contribution in [-0.4, -0.2) is 15.9 Å². The molecular formula is C11H9F2N3OS. The molecule has 0 radical (unpaired) electrons. The van der Waals surface area contributed by atoms with E-state index >= 15 is 0 Å². The first-order valence-electron chi connectivity index (χ1n) is 5.06. The molecule has 0 fully saturated rings. The number of carbonyl (C=O) groups is 1. The van der Waals surface area contributed by atoms with Crippen molar-refractivity contribution in [3.8, 4) is 0 Å². The predicted octanol–water partition coefficient (Wildman–Crippen LogP) is 2.05. The molecule has 0 atom stereocenters. The number of hydrogen-bond acceptors (Lipinski definition) is 4. The lowest BCUT2D eigenvalue weighted by Gasteiger charge is -2.05. The van der Waals surface area contributed by atoms with Gasteiger partial charge in [-0.05, 0) is 13.0 Å². The van der Waals surface area contributed by atoms with Gasteiger partial charge in [-0.25, -0.2) is 14.4 Å². The minimum absolute atomic E-state index is 0.235. The van der Waals surface area contributed by atoms with E-state index in [9.17, 15) is 13.6 Å². The van der Waals surface area contributed by atoms with Crippen LogP contribution < -0.4 is 5.32 Å². The van der Waals surface area contributed by atoms with Crippen molar-refractivity contribution in [2.75, 3.05) is 0 Å². The summed E-state index contributed by atoms with van der Waals surface area (Å²) < 4.78 is 26.1. The zero-order chi connectivity index (χ0) is 13.1. The molecule has 0 aliphatic heterocycles. The maximum atomic E-state index is 13.3. The predicted molar refractivity (Wildman–Crippen MR) is 62.2 cm³/mol. The number of rotatable bonds is 3. The molecule has 0 bridgehead atoms. The number of pyridine rings is 1. The number of nitrogens with one attached hydrogen (secondary N) is 1. The van der Waals surface area contributed by atoms with Crippen LogP contribution in [0.15, 0.2) is 17.8 Å². The Labute approximate surface area is 106 Å². The van der Waals surface area contributed by atoms with Crippen LogP contribution in [0.4, 0.5) is 8.78 Å². The third-order valence-corrected chi connectivity index (χ3v) is 3.28. The Hall–Kier alpha value is -1.89. The van der Waals surface area contributed by atoms with Crippen molar-refractivity contribution in [1.82, 2.24) is 15.3 Å². The van der Waals surface area contributed by atoms with Crippen molar-refractivity contribution in [2.24, 2.45) is 0 Å². The monoisotopic (exact) mass is 269 g/mol. The van der Waals surface area contributed by atoms with E-state index in [0.717, 1.165) is 22.8 Å². The van der Waals surface area contributed by atoms with E-state index in [1.54, 1.807) is 5.51 Å². The quantitative estimate of drug-likeness (QED) is 0.868. The average molecular weight is 269 g/mol. The molecule has 0 aliphatic rings. The fraction of sp³-hybridized carbons (Fsp3) is 0.182. The summed E-state index contributed by atoms with van der Waals surface area (Å²) in [4.78, 5) is 19.7. The third kappa shape index (κ3) is 2.51. The van der Waals surface area contributed by atoms with Crippen LogP contribution in [0.2, 0.25) is 0 Å². The lowest BCUT2D eigenvalue weighted by Crippen LogP contribution is -2.24. The van der Waals surface area contributed by atoms with Crippen molar-refractivity contribution in [1.29, 1.82) is 0 Å². The number of hydrogen-bond donors (Lipinski definition) is 1. The van der Waals surface area contributed by atoms with Gasteiger partial charge in [0.2, 0.25) is 5.95 Å². The molecule has 0 aliphatic carbocycles. The van der Waals surface area contributed by atoms with Gasteiger partial charge in [0.05, 0.1) is 23.3 Å². The first kappa shape index (κ1) is 12.6.